The summed E-state index contributed by atoms with van der Waals surface area (Å²) in [6.07, 6.45) is 12.0. The number of amides is 4. The number of carbonyl (C=O) groups excluding carboxylic acids is 7. The summed E-state index contributed by atoms with van der Waals surface area (Å²) in [4.78, 5) is 104. The van der Waals surface area contributed by atoms with E-state index in [4.69, 9.17) is 81.5 Å². The molecule has 1 aliphatic carbocycles. The van der Waals surface area contributed by atoms with E-state index in [1.807, 2.05) is 95.3 Å². The maximum atomic E-state index is 15.8. The molecule has 1 aromatic heterocycles. The van der Waals surface area contributed by atoms with Crippen LogP contribution in [0.25, 0.3) is 11.1 Å². The molecule has 2 saturated heterocycles. The fraction of sp³-hybridized carbons (Fsp3) is 0.667. The van der Waals surface area contributed by atoms with Gasteiger partial charge in [-0.2, -0.15) is 0 Å². The quantitative estimate of drug-likeness (QED) is 0.0153. The minimum atomic E-state index is -4.19. The summed E-state index contributed by atoms with van der Waals surface area (Å²) < 4.78 is 135. The Morgan fingerprint density at radius 1 is 0.679 bits per heavy atom. The number of ether oxygens (including phenoxy) is 16. The number of fused-ring (bicyclic) bond motifs is 4. The number of aromatic nitrogens is 1. The number of halogens is 1. The number of Topliss-reactive ketones (excluding diaryl/α,β-unsaturated/α-hetero) is 2. The Kier molecular flexibility index (Phi) is 46.5. The van der Waals surface area contributed by atoms with Gasteiger partial charge in [-0.15, -0.1) is 0 Å². The highest BCUT2D eigenvalue weighted by Gasteiger charge is 2.53. The number of nitrogens with two attached hydrogens (primary N) is 1. The second kappa shape index (κ2) is 56.3. The van der Waals surface area contributed by atoms with E-state index in [2.05, 4.69) is 15.6 Å². The minimum Gasteiger partial charge on any atom is -0.491 e. The maximum Gasteiger partial charge on any atom is 0.407 e. The van der Waals surface area contributed by atoms with Crippen molar-refractivity contribution in [3.8, 4) is 16.9 Å². The molecular weight excluding hydrogens is 1720 g/mol. The molecule has 131 heavy (non-hydrogen) atoms. The van der Waals surface area contributed by atoms with E-state index >= 15 is 4.39 Å². The largest absolute Gasteiger partial charge is 0.491 e. The van der Waals surface area contributed by atoms with Crippen molar-refractivity contribution in [1.82, 2.24) is 25.4 Å². The Hall–Kier alpha value is -8.08. The topological polar surface area (TPSA) is 411 Å². The lowest BCUT2D eigenvalue weighted by molar-refractivity contribution is -0.265. The number of anilines is 1. The van der Waals surface area contributed by atoms with Crippen LogP contribution in [-0.2, 0) is 111 Å². The first-order valence-corrected chi connectivity index (χ1v) is 47.7. The number of aliphatic hydroxyl groups excluding tert-OH is 1. The number of pyridine rings is 1. The van der Waals surface area contributed by atoms with E-state index < -0.39 is 140 Å². The molecule has 5 heterocycles. The van der Waals surface area contributed by atoms with Gasteiger partial charge in [-0.05, 0) is 161 Å². The SMILES string of the molecule is CO[C@H]1C[C@@H]2CC[C@@H](C)[C@@](O)(O2)C(=O)C(=O)N2CCCC[C@H]2C(=O)O[C@H]([C@H](C)C[C@@H]2CC[C@@H](OC(=O)NCCOCCOCCOCCOCCOCCOCCOCCOCCC(=O)NCCS(=O)(=O)c3ccc(C(=O)N4CCOc5ccc(-c6ccc(N)nc6)cc5C4)c(C)c3F)[C@H](OC)C2)C[C@@H](OC)C(C)/C=C(\C)[C@@H](O)[C@@H](OC)C(=O)C(C)CC(C)/C=C/C=C/C=C/1C. The van der Waals surface area contributed by atoms with E-state index in [-0.39, 0.29) is 126 Å². The number of piperidine rings is 1. The molecule has 0 radical (unpaired) electrons. The molecule has 16 atom stereocenters. The first kappa shape index (κ1) is 108. The molecule has 4 amide bonds. The number of rotatable bonds is 41. The van der Waals surface area contributed by atoms with Crippen molar-refractivity contribution >= 4 is 57.0 Å². The molecule has 8 rings (SSSR count). The highest BCUT2D eigenvalue weighted by molar-refractivity contribution is 7.91. The lowest BCUT2D eigenvalue weighted by Gasteiger charge is -2.43. The molecule has 3 unspecified atom stereocenters. The van der Waals surface area contributed by atoms with E-state index in [1.165, 1.54) is 29.9 Å². The molecule has 0 spiro atoms. The fourth-order valence-corrected chi connectivity index (χ4v) is 18.3. The van der Waals surface area contributed by atoms with E-state index in [0.29, 0.717) is 154 Å². The number of allylic oxidation sites excluding steroid dienone is 5. The Labute approximate surface area is 771 Å². The summed E-state index contributed by atoms with van der Waals surface area (Å²) in [6.45, 7) is 19.9. The normalized spacial score (nSPS) is 27.1. The molecule has 4 aliphatic heterocycles. The lowest BCUT2D eigenvalue weighted by atomic mass is 9.78. The average Bonchev–Trinajstić information content (AvgIpc) is 1.13. The van der Waals surface area contributed by atoms with Gasteiger partial charge in [0.25, 0.3) is 17.6 Å². The summed E-state index contributed by atoms with van der Waals surface area (Å²) in [5.74, 6) is -8.95. The molecule has 2 aromatic carbocycles. The van der Waals surface area contributed by atoms with Crippen LogP contribution in [0.3, 0.4) is 0 Å². The number of carbonyl (C=O) groups is 7. The van der Waals surface area contributed by atoms with E-state index in [9.17, 15) is 52.2 Å². The maximum absolute atomic E-state index is 15.8. The average molecular weight is 1860 g/mol. The molecule has 5 aliphatic rings. The highest BCUT2D eigenvalue weighted by Crippen LogP contribution is 2.40. The molecule has 33 nitrogen and oxygen atoms in total. The Balaban J connectivity index is 0.651. The number of nitrogens with one attached hydrogen (secondary N) is 2. The van der Waals surface area contributed by atoms with Crippen molar-refractivity contribution in [1.29, 1.82) is 0 Å². The number of alkyl carbamates (subject to hydrolysis) is 1. The number of hydrogen-bond donors (Lipinski definition) is 5. The van der Waals surface area contributed by atoms with Gasteiger partial charge in [0.15, 0.2) is 15.6 Å². The van der Waals surface area contributed by atoms with Crippen LogP contribution in [0, 0.1) is 48.2 Å². The zero-order chi connectivity index (χ0) is 95.0. The van der Waals surface area contributed by atoms with Crippen molar-refractivity contribution in [2.24, 2.45) is 35.5 Å². The van der Waals surface area contributed by atoms with Crippen LogP contribution in [0.1, 0.15) is 153 Å². The second-order valence-corrected chi connectivity index (χ2v) is 36.6. The van der Waals surface area contributed by atoms with Gasteiger partial charge >= 0.3 is 12.1 Å². The predicted molar refractivity (Wildman–Crippen MR) is 485 cm³/mol. The Morgan fingerprint density at radius 2 is 1.32 bits per heavy atom. The number of nitrogen functional groups attached to an aromatic ring is 1. The molecule has 1 saturated carbocycles. The van der Waals surface area contributed by atoms with Gasteiger partial charge in [0.1, 0.15) is 59.3 Å². The van der Waals surface area contributed by atoms with Crippen molar-refractivity contribution in [3.63, 3.8) is 0 Å². The number of sulfone groups is 1. The first-order chi connectivity index (χ1) is 62.9. The Bertz CT molecular complexity index is 4330. The number of aliphatic hydroxyl groups is 2. The van der Waals surface area contributed by atoms with Gasteiger partial charge in [0.05, 0.1) is 142 Å². The molecule has 6 N–H and O–H groups in total. The zero-order valence-corrected chi connectivity index (χ0v) is 79.3. The van der Waals surface area contributed by atoms with Crippen LogP contribution in [-0.4, -0.2) is 308 Å². The van der Waals surface area contributed by atoms with Crippen molar-refractivity contribution in [3.05, 3.63) is 119 Å². The number of benzene rings is 2. The van der Waals surface area contributed by atoms with Crippen LogP contribution in [0.2, 0.25) is 0 Å². The monoisotopic (exact) mass is 1860 g/mol. The van der Waals surface area contributed by atoms with Gasteiger partial charge in [-0.3, -0.25) is 24.0 Å². The highest BCUT2D eigenvalue weighted by atomic mass is 32.2. The standard InChI is InChI=1S/C96H143FN6O27S/c1-63-18-14-13-15-19-64(2)80(115-9)59-75-25-21-69(7)96(112,130-75)91(107)93(109)103-34-17-16-20-77(103)94(110)128-82(60-81(116-10)65(3)55-68(6)89(106)90(118-12)88(105)67(5)54-63)66(4)56-71-22-27-79(83(57-71)117-11)129-95(111)100-32-37-120-40-42-122-44-46-124-48-50-126-52-51-125-49-47-123-45-43-121-41-39-119-36-31-86(104)99-33-53-131(113,114)84-29-26-76(70(8)87(84)97)92(108)102-35-38-127-78-28-23-72(58-74(78)62-102)73-24-30-85(98)101-61-73/h13-15,18-19,23-24,26,28-30,55,58,61,63,65-67,69,71,75,77,79-83,89-90,106,112H,16-17,20-22,25,27,31-54,56-57,59-60,62H2,1-12H3,(H2,98,101)(H,99,104)(H,100,111)/b15-13+,18-14+,64-19+,68-55+/t63?,65?,66-,67?,69-,71+,75+,77+,79-,80+,81-,82+,83-,89-,90+,96-/m1/s1. The van der Waals surface area contributed by atoms with Gasteiger partial charge in [-0.1, -0.05) is 77.1 Å². The van der Waals surface area contributed by atoms with Crippen molar-refractivity contribution in [2.45, 2.75) is 211 Å². The third-order valence-corrected chi connectivity index (χ3v) is 26.5. The van der Waals surface area contributed by atoms with Crippen LogP contribution < -0.4 is 21.1 Å². The minimum absolute atomic E-state index is 0.00259. The molecule has 3 fully saturated rings. The summed E-state index contributed by atoms with van der Waals surface area (Å²) in [5.41, 5.74) is 9.44. The summed E-state index contributed by atoms with van der Waals surface area (Å²) in [6, 6.07) is 10.4. The van der Waals surface area contributed by atoms with Crippen LogP contribution in [0.4, 0.5) is 15.0 Å². The Morgan fingerprint density at radius 3 is 1.95 bits per heavy atom. The van der Waals surface area contributed by atoms with Crippen LogP contribution in [0.5, 0.6) is 5.75 Å². The lowest BCUT2D eigenvalue weighted by Crippen LogP contribution is -2.61. The van der Waals surface area contributed by atoms with E-state index in [0.717, 1.165) is 28.3 Å². The van der Waals surface area contributed by atoms with Gasteiger partial charge < -0.3 is 112 Å². The molecule has 2 bridgehead atoms. The molecule has 732 valence electrons. The number of hydrogen-bond acceptors (Lipinski definition) is 29. The van der Waals surface area contributed by atoms with Crippen LogP contribution >= 0.6 is 0 Å². The van der Waals surface area contributed by atoms with Gasteiger partial charge in [0, 0.05) is 115 Å². The fourth-order valence-electron chi connectivity index (χ4n) is 17.0. The smallest absolute Gasteiger partial charge is 0.407 e. The third-order valence-electron chi connectivity index (χ3n) is 24.8. The molecule has 3 aromatic rings. The predicted octanol–water partition coefficient (Wildman–Crippen LogP) is 9.60. The number of nitrogens with zero attached hydrogens (tertiary/aromatic N) is 3. The van der Waals surface area contributed by atoms with E-state index in [1.54, 1.807) is 47.4 Å². The van der Waals surface area contributed by atoms with Gasteiger partial charge in [-0.25, -0.2) is 27.4 Å². The summed E-state index contributed by atoms with van der Waals surface area (Å²) in [7, 11) is 1.93. The number of esters is 1. The number of methoxy groups -OCH3 is 4. The third kappa shape index (κ3) is 34.0. The number of ketones is 2. The number of cyclic esters (lactones) is 1. The molecule has 35 heteroatoms. The van der Waals surface area contributed by atoms with Crippen molar-refractivity contribution < 1.29 is 132 Å². The van der Waals surface area contributed by atoms with Crippen molar-refractivity contribution in [2.75, 3.05) is 178 Å². The zero-order valence-electron chi connectivity index (χ0n) is 78.5. The molecular formula is C96H143FN6O27S. The summed E-state index contributed by atoms with van der Waals surface area (Å²) >= 11 is 0. The first-order valence-electron chi connectivity index (χ1n) is 46.0. The summed E-state index contributed by atoms with van der Waals surface area (Å²) in [5, 5.41) is 29.3. The van der Waals surface area contributed by atoms with Gasteiger partial charge in [0.2, 0.25) is 11.7 Å². The second-order valence-electron chi connectivity index (χ2n) is 34.5. The van der Waals surface area contributed by atoms with Crippen LogP contribution in [0.15, 0.2) is 101 Å².